The fourth-order valence-electron chi connectivity index (χ4n) is 5.14. The number of fused-ring (bicyclic) bond motifs is 1. The number of hydrogen-bond acceptors (Lipinski definition) is 2. The first kappa shape index (κ1) is 19.5. The van der Waals surface area contributed by atoms with E-state index in [0.29, 0.717) is 23.7 Å². The van der Waals surface area contributed by atoms with E-state index in [1.807, 2.05) is 6.92 Å². The summed E-state index contributed by atoms with van der Waals surface area (Å²) in [4.78, 5) is 26.4. The van der Waals surface area contributed by atoms with Gasteiger partial charge in [0.15, 0.2) is 0 Å². The van der Waals surface area contributed by atoms with E-state index in [0.717, 1.165) is 32.4 Å². The number of nitrogens with zero attached hydrogens (tertiary/aromatic N) is 1. The van der Waals surface area contributed by atoms with Crippen molar-refractivity contribution in [1.29, 1.82) is 0 Å². The molecule has 1 aromatic rings. The summed E-state index contributed by atoms with van der Waals surface area (Å²) in [7, 11) is 0. The molecule has 2 saturated carbocycles. The largest absolute Gasteiger partial charge is 0.353 e. The van der Waals surface area contributed by atoms with Gasteiger partial charge in [-0.3, -0.25) is 9.59 Å². The second-order valence-corrected chi connectivity index (χ2v) is 10.2. The minimum absolute atomic E-state index is 0.0918. The topological polar surface area (TPSA) is 49.4 Å². The third-order valence-electron chi connectivity index (χ3n) is 7.31. The number of carbonyl (C=O) groups excluding carboxylic acids is 2. The smallest absolute Gasteiger partial charge is 0.225 e. The Morgan fingerprint density at radius 1 is 1.18 bits per heavy atom. The quantitative estimate of drug-likeness (QED) is 0.862. The van der Waals surface area contributed by atoms with Gasteiger partial charge in [0.1, 0.15) is 0 Å². The predicted octanol–water partition coefficient (Wildman–Crippen LogP) is 3.78. The Morgan fingerprint density at radius 3 is 2.43 bits per heavy atom. The number of benzene rings is 1. The fraction of sp³-hybridized carbons (Fsp3) is 0.667. The van der Waals surface area contributed by atoms with Gasteiger partial charge in [0.2, 0.25) is 11.8 Å². The maximum absolute atomic E-state index is 12.9. The van der Waals surface area contributed by atoms with Crippen molar-refractivity contribution in [1.82, 2.24) is 10.2 Å². The van der Waals surface area contributed by atoms with E-state index in [2.05, 4.69) is 55.3 Å². The summed E-state index contributed by atoms with van der Waals surface area (Å²) in [5, 5.41) is 3.00. The van der Waals surface area contributed by atoms with Gasteiger partial charge >= 0.3 is 0 Å². The van der Waals surface area contributed by atoms with E-state index in [4.69, 9.17) is 0 Å². The van der Waals surface area contributed by atoms with Crippen LogP contribution in [0.4, 0.5) is 0 Å². The molecule has 2 aliphatic carbocycles. The first-order valence-electron chi connectivity index (χ1n) is 10.9. The zero-order chi connectivity index (χ0) is 20.1. The van der Waals surface area contributed by atoms with Gasteiger partial charge in [-0.1, -0.05) is 52.0 Å². The molecule has 3 fully saturated rings. The van der Waals surface area contributed by atoms with E-state index in [9.17, 15) is 9.59 Å². The van der Waals surface area contributed by atoms with Gasteiger partial charge < -0.3 is 10.2 Å². The van der Waals surface area contributed by atoms with Gasteiger partial charge in [0.05, 0.1) is 0 Å². The highest BCUT2D eigenvalue weighted by Gasteiger charge is 2.58. The first-order chi connectivity index (χ1) is 13.2. The van der Waals surface area contributed by atoms with Crippen LogP contribution in [0.5, 0.6) is 0 Å². The van der Waals surface area contributed by atoms with Crippen LogP contribution in [0.1, 0.15) is 70.9 Å². The number of rotatable bonds is 4. The molecule has 1 aliphatic heterocycles. The summed E-state index contributed by atoms with van der Waals surface area (Å²) in [6.45, 7) is 10.4. The van der Waals surface area contributed by atoms with Crippen LogP contribution in [0.25, 0.3) is 0 Å². The summed E-state index contributed by atoms with van der Waals surface area (Å²) in [5.41, 5.74) is 3.34. The van der Waals surface area contributed by atoms with Gasteiger partial charge in [0, 0.05) is 36.9 Å². The zero-order valence-electron chi connectivity index (χ0n) is 17.8. The lowest BCUT2D eigenvalue weighted by Crippen LogP contribution is -2.52. The SMILES string of the molecule is CCC(=O)NC1CC(C(=O)N2CCC3(c4ccc(C(C)(C)C)cc4)CC3C2)C1. The standard InChI is InChI=1S/C24H34N2O2/c1-5-21(27)25-20-12-16(13-20)22(28)26-11-10-24(14-19(24)15-26)18-8-6-17(7-9-18)23(2,3)4/h6-9,16,19-20H,5,10-15H2,1-4H3,(H,25,27). The Balaban J connectivity index is 1.32. The summed E-state index contributed by atoms with van der Waals surface area (Å²) in [5.74, 6) is 1.13. The Morgan fingerprint density at radius 2 is 1.86 bits per heavy atom. The molecule has 1 heterocycles. The van der Waals surface area contributed by atoms with Crippen LogP contribution in [0.15, 0.2) is 24.3 Å². The molecule has 0 aromatic heterocycles. The van der Waals surface area contributed by atoms with Crippen molar-refractivity contribution in [3.8, 4) is 0 Å². The van der Waals surface area contributed by atoms with Crippen molar-refractivity contribution in [3.05, 3.63) is 35.4 Å². The van der Waals surface area contributed by atoms with E-state index < -0.39 is 0 Å². The lowest BCUT2D eigenvalue weighted by molar-refractivity contribution is -0.141. The van der Waals surface area contributed by atoms with Gasteiger partial charge in [-0.05, 0) is 48.1 Å². The van der Waals surface area contributed by atoms with Crippen molar-refractivity contribution in [3.63, 3.8) is 0 Å². The number of likely N-dealkylation sites (tertiary alicyclic amines) is 1. The lowest BCUT2D eigenvalue weighted by atomic mass is 9.78. The predicted molar refractivity (Wildman–Crippen MR) is 111 cm³/mol. The van der Waals surface area contributed by atoms with Crippen LogP contribution in [-0.2, 0) is 20.4 Å². The normalized spacial score (nSPS) is 31.6. The minimum atomic E-state index is 0.0918. The number of hydrogen-bond donors (Lipinski definition) is 1. The molecule has 1 aromatic carbocycles. The highest BCUT2D eigenvalue weighted by atomic mass is 16.2. The third kappa shape index (κ3) is 3.46. The molecule has 4 rings (SSSR count). The first-order valence-corrected chi connectivity index (χ1v) is 10.9. The van der Waals surface area contributed by atoms with Crippen LogP contribution in [0, 0.1) is 11.8 Å². The van der Waals surface area contributed by atoms with Crippen LogP contribution >= 0.6 is 0 Å². The van der Waals surface area contributed by atoms with Gasteiger partial charge in [-0.25, -0.2) is 0 Å². The van der Waals surface area contributed by atoms with E-state index in [1.54, 1.807) is 0 Å². The monoisotopic (exact) mass is 382 g/mol. The highest BCUT2D eigenvalue weighted by Crippen LogP contribution is 2.59. The third-order valence-corrected chi connectivity index (χ3v) is 7.31. The summed E-state index contributed by atoms with van der Waals surface area (Å²) in [6, 6.07) is 9.43. The van der Waals surface area contributed by atoms with Crippen molar-refractivity contribution in [2.75, 3.05) is 13.1 Å². The van der Waals surface area contributed by atoms with Crippen LogP contribution in [0.3, 0.4) is 0 Å². The van der Waals surface area contributed by atoms with Gasteiger partial charge in [-0.2, -0.15) is 0 Å². The zero-order valence-corrected chi connectivity index (χ0v) is 17.8. The molecule has 4 heteroatoms. The molecule has 28 heavy (non-hydrogen) atoms. The average molecular weight is 383 g/mol. The Labute approximate surface area is 169 Å². The molecular formula is C24H34N2O2. The number of nitrogens with one attached hydrogen (secondary N) is 1. The van der Waals surface area contributed by atoms with Crippen LogP contribution < -0.4 is 5.32 Å². The second kappa shape index (κ2) is 6.89. The lowest BCUT2D eigenvalue weighted by Gasteiger charge is -2.40. The highest BCUT2D eigenvalue weighted by molar-refractivity contribution is 5.81. The van der Waals surface area contributed by atoms with Crippen molar-refractivity contribution in [2.45, 2.75) is 76.7 Å². The van der Waals surface area contributed by atoms with Gasteiger partial charge in [-0.15, -0.1) is 0 Å². The molecule has 2 atom stereocenters. The molecule has 1 saturated heterocycles. The number of piperidine rings is 1. The Bertz CT molecular complexity index is 758. The summed E-state index contributed by atoms with van der Waals surface area (Å²) >= 11 is 0. The molecule has 152 valence electrons. The summed E-state index contributed by atoms with van der Waals surface area (Å²) in [6.07, 6.45) is 4.44. The van der Waals surface area contributed by atoms with Crippen LogP contribution in [0.2, 0.25) is 0 Å². The molecular weight excluding hydrogens is 348 g/mol. The molecule has 3 aliphatic rings. The Hall–Kier alpha value is -1.84. The molecule has 1 N–H and O–H groups in total. The van der Waals surface area contributed by atoms with Crippen molar-refractivity contribution in [2.24, 2.45) is 11.8 Å². The van der Waals surface area contributed by atoms with Gasteiger partial charge in [0.25, 0.3) is 0 Å². The summed E-state index contributed by atoms with van der Waals surface area (Å²) < 4.78 is 0. The molecule has 0 radical (unpaired) electrons. The van der Waals surface area contributed by atoms with Crippen molar-refractivity contribution >= 4 is 11.8 Å². The molecule has 0 spiro atoms. The molecule has 0 bridgehead atoms. The number of amides is 2. The maximum atomic E-state index is 12.9. The Kier molecular flexibility index (Phi) is 4.79. The van der Waals surface area contributed by atoms with Crippen LogP contribution in [-0.4, -0.2) is 35.8 Å². The number of carbonyl (C=O) groups is 2. The maximum Gasteiger partial charge on any atom is 0.225 e. The fourth-order valence-corrected chi connectivity index (χ4v) is 5.14. The minimum Gasteiger partial charge on any atom is -0.353 e. The van der Waals surface area contributed by atoms with E-state index in [1.165, 1.54) is 17.5 Å². The molecule has 4 nitrogen and oxygen atoms in total. The average Bonchev–Trinajstić information content (AvgIpc) is 3.38. The van der Waals surface area contributed by atoms with Crippen molar-refractivity contribution < 1.29 is 9.59 Å². The second-order valence-electron chi connectivity index (χ2n) is 10.2. The molecule has 2 amide bonds. The molecule has 2 unspecified atom stereocenters. The van der Waals surface area contributed by atoms with E-state index in [-0.39, 0.29) is 23.3 Å². The van der Waals surface area contributed by atoms with E-state index >= 15 is 0 Å².